The van der Waals surface area contributed by atoms with Gasteiger partial charge in [0.1, 0.15) is 5.75 Å². The summed E-state index contributed by atoms with van der Waals surface area (Å²) in [6.07, 6.45) is 4.39. The summed E-state index contributed by atoms with van der Waals surface area (Å²) in [4.78, 5) is 24.0. The van der Waals surface area contributed by atoms with E-state index in [1.807, 2.05) is 42.6 Å². The molecule has 4 aromatic rings. The molecule has 1 aromatic heterocycles. The molecule has 3 heterocycles. The van der Waals surface area contributed by atoms with Gasteiger partial charge in [-0.15, -0.1) is 0 Å². The summed E-state index contributed by atoms with van der Waals surface area (Å²) >= 11 is 0. The summed E-state index contributed by atoms with van der Waals surface area (Å²) in [6, 6.07) is 26.9. The fourth-order valence-corrected chi connectivity index (χ4v) is 5.82. The number of carbonyl (C=O) groups is 1. The average Bonchev–Trinajstić information content (AvgIpc) is 3.43. The van der Waals surface area contributed by atoms with Crippen LogP contribution in [-0.2, 0) is 11.2 Å². The molecular weight excluding hydrogens is 460 g/mol. The van der Waals surface area contributed by atoms with Crippen LogP contribution < -0.4 is 14.5 Å². The number of H-pyrrole nitrogens is 1. The maximum Gasteiger partial charge on any atom is 0.230 e. The van der Waals surface area contributed by atoms with Crippen LogP contribution in [0.15, 0.2) is 85.1 Å². The minimum absolute atomic E-state index is 0.144. The lowest BCUT2D eigenvalue weighted by Crippen LogP contribution is -2.54. The monoisotopic (exact) mass is 494 g/mol. The van der Waals surface area contributed by atoms with Crippen LogP contribution in [0.3, 0.4) is 0 Å². The molecule has 0 aliphatic carbocycles. The van der Waals surface area contributed by atoms with E-state index in [1.54, 1.807) is 0 Å². The number of para-hydroxylation sites is 2. The first kappa shape index (κ1) is 23.6. The van der Waals surface area contributed by atoms with Crippen LogP contribution in [-0.4, -0.2) is 61.2 Å². The van der Waals surface area contributed by atoms with Gasteiger partial charge in [-0.2, -0.15) is 0 Å². The van der Waals surface area contributed by atoms with E-state index in [2.05, 4.69) is 62.1 Å². The number of anilines is 2. The van der Waals surface area contributed by atoms with Crippen molar-refractivity contribution in [2.24, 2.45) is 0 Å². The largest absolute Gasteiger partial charge is 0.493 e. The van der Waals surface area contributed by atoms with Gasteiger partial charge >= 0.3 is 0 Å². The Morgan fingerprint density at radius 3 is 2.51 bits per heavy atom. The summed E-state index contributed by atoms with van der Waals surface area (Å²) in [5.41, 5.74) is 4.83. The Balaban J connectivity index is 1.11. The van der Waals surface area contributed by atoms with Gasteiger partial charge in [0.05, 0.1) is 13.0 Å². The molecule has 0 spiro atoms. The molecule has 3 aromatic carbocycles. The Morgan fingerprint density at radius 1 is 0.865 bits per heavy atom. The second-order valence-electron chi connectivity index (χ2n) is 10.0. The highest BCUT2D eigenvalue weighted by molar-refractivity contribution is 5.95. The van der Waals surface area contributed by atoms with E-state index in [0.29, 0.717) is 13.0 Å². The first-order valence-corrected chi connectivity index (χ1v) is 13.4. The number of carbonyl (C=O) groups excluding carboxylic acids is 1. The number of aromatic amines is 1. The van der Waals surface area contributed by atoms with Crippen LogP contribution in [0.4, 0.5) is 11.4 Å². The van der Waals surface area contributed by atoms with Crippen molar-refractivity contribution in [3.63, 3.8) is 0 Å². The number of aryl methyl sites for hydroxylation is 1. The van der Waals surface area contributed by atoms with Crippen molar-refractivity contribution in [3.05, 3.63) is 90.6 Å². The summed E-state index contributed by atoms with van der Waals surface area (Å²) in [7, 11) is 0. The quantitative estimate of drug-likeness (QED) is 0.388. The van der Waals surface area contributed by atoms with E-state index >= 15 is 0 Å². The van der Waals surface area contributed by atoms with Gasteiger partial charge in [0.2, 0.25) is 5.91 Å². The third-order valence-electron chi connectivity index (χ3n) is 7.71. The Hall–Kier alpha value is -3.77. The number of piperazine rings is 1. The molecule has 0 radical (unpaired) electrons. The number of aromatic nitrogens is 1. The molecule has 1 N–H and O–H groups in total. The minimum Gasteiger partial charge on any atom is -0.493 e. The highest BCUT2D eigenvalue weighted by atomic mass is 16.5. The lowest BCUT2D eigenvalue weighted by atomic mass is 9.94. The predicted molar refractivity (Wildman–Crippen MR) is 150 cm³/mol. The molecule has 1 unspecified atom stereocenters. The average molecular weight is 495 g/mol. The van der Waals surface area contributed by atoms with Crippen molar-refractivity contribution < 1.29 is 9.53 Å². The van der Waals surface area contributed by atoms with E-state index < -0.39 is 0 Å². The molecule has 2 aliphatic heterocycles. The zero-order chi connectivity index (χ0) is 25.0. The number of nitrogens with zero attached hydrogens (tertiary/aromatic N) is 3. The van der Waals surface area contributed by atoms with Crippen molar-refractivity contribution in [2.75, 3.05) is 49.1 Å². The lowest BCUT2D eigenvalue weighted by molar-refractivity contribution is -0.119. The smallest absolute Gasteiger partial charge is 0.230 e. The van der Waals surface area contributed by atoms with Gasteiger partial charge in [-0.3, -0.25) is 9.69 Å². The third-order valence-corrected chi connectivity index (χ3v) is 7.71. The number of rotatable bonds is 7. The second kappa shape index (κ2) is 10.7. The van der Waals surface area contributed by atoms with Crippen molar-refractivity contribution in [3.8, 4) is 5.75 Å². The van der Waals surface area contributed by atoms with E-state index in [9.17, 15) is 4.79 Å². The van der Waals surface area contributed by atoms with Gasteiger partial charge in [0.25, 0.3) is 0 Å². The van der Waals surface area contributed by atoms with Crippen molar-refractivity contribution >= 4 is 28.2 Å². The summed E-state index contributed by atoms with van der Waals surface area (Å²) in [6.45, 7) is 5.27. The Morgan fingerprint density at radius 2 is 1.65 bits per heavy atom. The van der Waals surface area contributed by atoms with Gasteiger partial charge in [-0.1, -0.05) is 42.5 Å². The highest BCUT2D eigenvalue weighted by Crippen LogP contribution is 2.32. The summed E-state index contributed by atoms with van der Waals surface area (Å²) < 4.78 is 5.85. The SMILES string of the molecule is O=C(CCOc1ccccc1)N1c2ccccc2CCC1CN1CCN(c2cccc3[nH]ccc23)CC1. The van der Waals surface area contributed by atoms with E-state index in [4.69, 9.17) is 4.74 Å². The number of fused-ring (bicyclic) bond motifs is 2. The van der Waals surface area contributed by atoms with Crippen molar-refractivity contribution in [1.29, 1.82) is 0 Å². The maximum atomic E-state index is 13.6. The molecular formula is C31H34N4O2. The molecule has 1 atom stereocenters. The van der Waals surface area contributed by atoms with Crippen LogP contribution in [0.2, 0.25) is 0 Å². The summed E-state index contributed by atoms with van der Waals surface area (Å²) in [5, 5.41) is 1.29. The molecule has 1 amide bonds. The normalized spacial score (nSPS) is 18.1. The van der Waals surface area contributed by atoms with Crippen molar-refractivity contribution in [1.82, 2.24) is 9.88 Å². The lowest BCUT2D eigenvalue weighted by Gasteiger charge is -2.42. The van der Waals surface area contributed by atoms with Gasteiger partial charge < -0.3 is 19.5 Å². The van der Waals surface area contributed by atoms with Crippen molar-refractivity contribution in [2.45, 2.75) is 25.3 Å². The number of nitrogens with one attached hydrogen (secondary N) is 1. The van der Waals surface area contributed by atoms with Gasteiger partial charge in [0, 0.05) is 67.2 Å². The Kier molecular flexibility index (Phi) is 6.82. The van der Waals surface area contributed by atoms with Crippen LogP contribution in [0, 0.1) is 0 Å². The molecule has 2 aliphatic rings. The fraction of sp³-hybridized carbons (Fsp3) is 0.323. The molecule has 1 fully saturated rings. The standard InChI is InChI=1S/C31H34N4O2/c36-31(16-22-37-26-8-2-1-3-9-26)35-25(14-13-24-7-4-5-11-29(24)35)23-33-18-20-34(21-19-33)30-12-6-10-28-27(30)15-17-32-28/h1-12,15,17,25,32H,13-14,16,18-23H2. The first-order valence-electron chi connectivity index (χ1n) is 13.4. The predicted octanol–water partition coefficient (Wildman–Crippen LogP) is 5.11. The Bertz CT molecular complexity index is 1340. The van der Waals surface area contributed by atoms with Gasteiger partial charge in [-0.05, 0) is 54.8 Å². The molecule has 6 heteroatoms. The summed E-state index contributed by atoms with van der Waals surface area (Å²) in [5.74, 6) is 0.949. The number of benzene rings is 3. The van der Waals surface area contributed by atoms with E-state index in [1.165, 1.54) is 22.2 Å². The topological polar surface area (TPSA) is 51.8 Å². The number of ether oxygens (including phenoxy) is 1. The zero-order valence-electron chi connectivity index (χ0n) is 21.2. The second-order valence-corrected chi connectivity index (χ2v) is 10.0. The molecule has 0 saturated carbocycles. The molecule has 190 valence electrons. The molecule has 6 nitrogen and oxygen atoms in total. The minimum atomic E-state index is 0.144. The van der Waals surface area contributed by atoms with Crippen LogP contribution in [0.1, 0.15) is 18.4 Å². The number of amides is 1. The highest BCUT2D eigenvalue weighted by Gasteiger charge is 2.32. The van der Waals surface area contributed by atoms with Crippen LogP contribution in [0.5, 0.6) is 5.75 Å². The van der Waals surface area contributed by atoms with Gasteiger partial charge in [-0.25, -0.2) is 0 Å². The Labute approximate surface area is 218 Å². The van der Waals surface area contributed by atoms with E-state index in [0.717, 1.165) is 57.0 Å². The fourth-order valence-electron chi connectivity index (χ4n) is 5.82. The molecule has 0 bridgehead atoms. The molecule has 6 rings (SSSR count). The van der Waals surface area contributed by atoms with Crippen LogP contribution >= 0.6 is 0 Å². The maximum absolute atomic E-state index is 13.6. The number of hydrogen-bond acceptors (Lipinski definition) is 4. The van der Waals surface area contributed by atoms with Gasteiger partial charge in [0.15, 0.2) is 0 Å². The zero-order valence-corrected chi connectivity index (χ0v) is 21.2. The van der Waals surface area contributed by atoms with Crippen LogP contribution in [0.25, 0.3) is 10.9 Å². The third kappa shape index (κ3) is 5.07. The molecule has 37 heavy (non-hydrogen) atoms. The first-order chi connectivity index (χ1) is 18.3. The molecule has 1 saturated heterocycles. The van der Waals surface area contributed by atoms with E-state index in [-0.39, 0.29) is 11.9 Å². The number of hydrogen-bond donors (Lipinski definition) is 1.